The van der Waals surface area contributed by atoms with E-state index in [1.165, 1.54) is 72.9 Å². The van der Waals surface area contributed by atoms with Crippen molar-refractivity contribution in [3.05, 3.63) is 70.9 Å². The number of aromatic nitrogens is 1. The van der Waals surface area contributed by atoms with E-state index in [-0.39, 0.29) is 0 Å². The van der Waals surface area contributed by atoms with Crippen molar-refractivity contribution in [1.82, 2.24) is 15.2 Å². The molecule has 3 heteroatoms. The molecule has 2 aromatic carbocycles. The van der Waals surface area contributed by atoms with Crippen molar-refractivity contribution in [2.75, 3.05) is 13.1 Å². The predicted octanol–water partition coefficient (Wildman–Crippen LogP) is 5.11. The van der Waals surface area contributed by atoms with Gasteiger partial charge in [-0.2, -0.15) is 0 Å². The van der Waals surface area contributed by atoms with Crippen molar-refractivity contribution >= 4 is 10.9 Å². The molecular weight excluding hydrogens is 342 g/mol. The van der Waals surface area contributed by atoms with Crippen LogP contribution >= 0.6 is 0 Å². The lowest BCUT2D eigenvalue weighted by Crippen LogP contribution is -2.44. The lowest BCUT2D eigenvalue weighted by molar-refractivity contribution is 0.181. The first-order valence-corrected chi connectivity index (χ1v) is 10.9. The zero-order chi connectivity index (χ0) is 18.9. The van der Waals surface area contributed by atoms with Gasteiger partial charge in [0.05, 0.1) is 0 Å². The fraction of sp³-hybridized carbons (Fsp3) is 0.440. The third-order valence-electron chi connectivity index (χ3n) is 6.64. The largest absolute Gasteiger partial charge is 0.357 e. The molecule has 2 N–H and O–H groups in total. The molecule has 1 aromatic heterocycles. The van der Waals surface area contributed by atoms with E-state index in [4.69, 9.17) is 0 Å². The van der Waals surface area contributed by atoms with Gasteiger partial charge in [-0.25, -0.2) is 0 Å². The Morgan fingerprint density at radius 3 is 2.68 bits per heavy atom. The maximum absolute atomic E-state index is 4.02. The van der Waals surface area contributed by atoms with Gasteiger partial charge >= 0.3 is 0 Å². The van der Waals surface area contributed by atoms with Gasteiger partial charge in [-0.1, -0.05) is 42.0 Å². The summed E-state index contributed by atoms with van der Waals surface area (Å²) in [6.07, 6.45) is 6.25. The first kappa shape index (κ1) is 18.0. The summed E-state index contributed by atoms with van der Waals surface area (Å²) in [6.45, 7) is 5.67. The first-order chi connectivity index (χ1) is 13.8. The van der Waals surface area contributed by atoms with Crippen molar-refractivity contribution in [2.45, 2.75) is 57.7 Å². The molecule has 1 atom stereocenters. The maximum Gasteiger partial charge on any atom is 0.0478 e. The van der Waals surface area contributed by atoms with Gasteiger partial charge in [-0.15, -0.1) is 0 Å². The summed E-state index contributed by atoms with van der Waals surface area (Å²) in [4.78, 5) is 6.35. The lowest BCUT2D eigenvalue weighted by atomic mass is 9.90. The molecule has 1 aliphatic carbocycles. The average Bonchev–Trinajstić information content (AvgIpc) is 3.09. The van der Waals surface area contributed by atoms with Gasteiger partial charge in [0.25, 0.3) is 0 Å². The Morgan fingerprint density at radius 2 is 1.86 bits per heavy atom. The smallest absolute Gasteiger partial charge is 0.0478 e. The Labute approximate surface area is 168 Å². The van der Waals surface area contributed by atoms with Crippen molar-refractivity contribution in [3.63, 3.8) is 0 Å². The van der Waals surface area contributed by atoms with Crippen LogP contribution in [0.1, 0.15) is 54.1 Å². The minimum absolute atomic E-state index is 0.488. The average molecular weight is 374 g/mol. The number of fused-ring (bicyclic) bond motifs is 3. The predicted molar refractivity (Wildman–Crippen MR) is 117 cm³/mol. The number of nitrogens with zero attached hydrogens (tertiary/aromatic N) is 1. The van der Waals surface area contributed by atoms with E-state index in [1.54, 1.807) is 5.56 Å². The quantitative estimate of drug-likeness (QED) is 0.666. The van der Waals surface area contributed by atoms with Crippen LogP contribution in [0.5, 0.6) is 0 Å². The molecule has 28 heavy (non-hydrogen) atoms. The Bertz CT molecular complexity index is 935. The molecule has 146 valence electrons. The highest BCUT2D eigenvalue weighted by Crippen LogP contribution is 2.35. The number of piperidine rings is 1. The molecule has 0 bridgehead atoms. The van der Waals surface area contributed by atoms with Gasteiger partial charge in [-0.3, -0.25) is 4.90 Å². The first-order valence-electron chi connectivity index (χ1n) is 10.9. The lowest BCUT2D eigenvalue weighted by Gasteiger charge is -2.35. The van der Waals surface area contributed by atoms with E-state index < -0.39 is 0 Å². The van der Waals surface area contributed by atoms with Gasteiger partial charge < -0.3 is 10.3 Å². The van der Waals surface area contributed by atoms with Gasteiger partial charge in [0.1, 0.15) is 0 Å². The zero-order valence-electron chi connectivity index (χ0n) is 16.9. The minimum Gasteiger partial charge on any atom is -0.357 e. The molecule has 0 spiro atoms. The number of hydrogen-bond donors (Lipinski definition) is 2. The molecule has 1 fully saturated rings. The van der Waals surface area contributed by atoms with Crippen molar-refractivity contribution in [1.29, 1.82) is 0 Å². The minimum atomic E-state index is 0.488. The van der Waals surface area contributed by atoms with Crippen LogP contribution in [0.2, 0.25) is 0 Å². The second-order valence-corrected chi connectivity index (χ2v) is 8.71. The number of benzene rings is 2. The second kappa shape index (κ2) is 7.73. The summed E-state index contributed by atoms with van der Waals surface area (Å²) in [5.41, 5.74) is 7.11. The van der Waals surface area contributed by atoms with Crippen LogP contribution in [-0.2, 0) is 13.0 Å². The summed E-state index contributed by atoms with van der Waals surface area (Å²) < 4.78 is 0. The number of rotatable bonds is 4. The van der Waals surface area contributed by atoms with Crippen LogP contribution in [0.15, 0.2) is 48.5 Å². The van der Waals surface area contributed by atoms with Crippen LogP contribution in [0, 0.1) is 6.92 Å². The van der Waals surface area contributed by atoms with Crippen LogP contribution in [0.25, 0.3) is 10.9 Å². The van der Waals surface area contributed by atoms with Crippen LogP contribution in [-0.4, -0.2) is 29.0 Å². The molecule has 3 nitrogen and oxygen atoms in total. The van der Waals surface area contributed by atoms with E-state index in [0.717, 1.165) is 6.54 Å². The Balaban J connectivity index is 1.24. The monoisotopic (exact) mass is 373 g/mol. The topological polar surface area (TPSA) is 31.1 Å². The summed E-state index contributed by atoms with van der Waals surface area (Å²) in [5.74, 6) is 0. The highest BCUT2D eigenvalue weighted by atomic mass is 15.1. The van der Waals surface area contributed by atoms with Gasteiger partial charge in [0, 0.05) is 35.2 Å². The highest BCUT2D eigenvalue weighted by Gasteiger charge is 2.28. The highest BCUT2D eigenvalue weighted by molar-refractivity contribution is 5.85. The van der Waals surface area contributed by atoms with E-state index in [1.807, 2.05) is 0 Å². The molecule has 3 aromatic rings. The second-order valence-electron chi connectivity index (χ2n) is 8.71. The van der Waals surface area contributed by atoms with Crippen LogP contribution < -0.4 is 5.32 Å². The fourth-order valence-electron chi connectivity index (χ4n) is 5.13. The van der Waals surface area contributed by atoms with Crippen molar-refractivity contribution in [3.8, 4) is 0 Å². The molecule has 1 aliphatic heterocycles. The summed E-state index contributed by atoms with van der Waals surface area (Å²) in [5, 5.41) is 5.46. The summed E-state index contributed by atoms with van der Waals surface area (Å²) >= 11 is 0. The molecule has 0 amide bonds. The van der Waals surface area contributed by atoms with Crippen molar-refractivity contribution < 1.29 is 0 Å². The Morgan fingerprint density at radius 1 is 1.04 bits per heavy atom. The number of aromatic amines is 1. The van der Waals surface area contributed by atoms with Crippen molar-refractivity contribution in [2.24, 2.45) is 0 Å². The molecule has 2 aliphatic rings. The number of likely N-dealkylation sites (tertiary alicyclic amines) is 1. The van der Waals surface area contributed by atoms with E-state index in [0.29, 0.717) is 12.1 Å². The van der Waals surface area contributed by atoms with Gasteiger partial charge in [-0.05, 0) is 75.4 Å². The zero-order valence-corrected chi connectivity index (χ0v) is 16.9. The van der Waals surface area contributed by atoms with Gasteiger partial charge in [0.2, 0.25) is 0 Å². The number of nitrogens with one attached hydrogen (secondary N) is 2. The Hall–Kier alpha value is -2.10. The van der Waals surface area contributed by atoms with Gasteiger partial charge in [0.15, 0.2) is 0 Å². The molecule has 2 heterocycles. The number of aryl methyl sites for hydroxylation is 2. The third kappa shape index (κ3) is 3.61. The molecule has 1 saturated heterocycles. The molecule has 1 unspecified atom stereocenters. The maximum atomic E-state index is 4.02. The molecular formula is C25H31N3. The summed E-state index contributed by atoms with van der Waals surface area (Å²) in [6, 6.07) is 18.8. The third-order valence-corrected chi connectivity index (χ3v) is 6.64. The Kier molecular flexibility index (Phi) is 4.96. The van der Waals surface area contributed by atoms with E-state index in [2.05, 4.69) is 70.7 Å². The van der Waals surface area contributed by atoms with Crippen LogP contribution in [0.4, 0.5) is 0 Å². The normalized spacial score (nSPS) is 21.1. The van der Waals surface area contributed by atoms with E-state index in [9.17, 15) is 0 Å². The SMILES string of the molecule is Cc1ccc2[nH]c3c(c2c1)CCCC3NC1CCN(Cc2ccccc2)CC1. The number of H-pyrrole nitrogens is 1. The number of hydrogen-bond acceptors (Lipinski definition) is 2. The van der Waals surface area contributed by atoms with E-state index >= 15 is 0 Å². The molecule has 0 radical (unpaired) electrons. The molecule has 5 rings (SSSR count). The van der Waals surface area contributed by atoms with Crippen LogP contribution in [0.3, 0.4) is 0 Å². The molecule has 0 saturated carbocycles. The summed E-state index contributed by atoms with van der Waals surface area (Å²) in [7, 11) is 0. The fourth-order valence-corrected chi connectivity index (χ4v) is 5.13. The standard InChI is InChI=1S/C25H31N3/c1-18-10-11-23-22(16-18)21-8-5-9-24(25(21)27-23)26-20-12-14-28(15-13-20)17-19-6-3-2-4-7-19/h2-4,6-7,10-11,16,20,24,26-27H,5,8-9,12-15,17H2,1H3.